The highest BCUT2D eigenvalue weighted by molar-refractivity contribution is 5.89. The number of alkyl halides is 6. The lowest BCUT2D eigenvalue weighted by molar-refractivity contribution is -0.143. The number of amides is 2. The van der Waals surface area contributed by atoms with Crippen LogP contribution in [-0.2, 0) is 12.4 Å². The van der Waals surface area contributed by atoms with Gasteiger partial charge in [0.1, 0.15) is 5.82 Å². The molecular weight excluding hydrogens is 550 g/mol. The number of rotatable bonds is 5. The van der Waals surface area contributed by atoms with Crippen molar-refractivity contribution in [2.24, 2.45) is 0 Å². The van der Waals surface area contributed by atoms with Gasteiger partial charge in [0, 0.05) is 12.7 Å². The lowest BCUT2D eigenvalue weighted by Gasteiger charge is -2.29. The Kier molecular flexibility index (Phi) is 7.88. The second-order valence-electron chi connectivity index (χ2n) is 9.68. The third-order valence-corrected chi connectivity index (χ3v) is 6.71. The van der Waals surface area contributed by atoms with Crippen molar-refractivity contribution in [2.75, 3.05) is 12.4 Å². The van der Waals surface area contributed by atoms with Crippen LogP contribution in [0.25, 0.3) is 16.6 Å². The van der Waals surface area contributed by atoms with Crippen molar-refractivity contribution in [1.29, 1.82) is 0 Å². The van der Waals surface area contributed by atoms with Crippen LogP contribution in [0.15, 0.2) is 65.5 Å². The Hall–Kier alpha value is -4.35. The number of aryl methyl sites for hydroxylation is 2. The molecular formula is C29H26F6N4O2. The van der Waals surface area contributed by atoms with Crippen molar-refractivity contribution in [3.05, 3.63) is 99.1 Å². The van der Waals surface area contributed by atoms with Gasteiger partial charge >= 0.3 is 18.4 Å². The highest BCUT2D eigenvalue weighted by atomic mass is 19.4. The lowest BCUT2D eigenvalue weighted by Crippen LogP contribution is -2.38. The van der Waals surface area contributed by atoms with Crippen LogP contribution in [0.5, 0.6) is 0 Å². The minimum Gasteiger partial charge on any atom is -0.317 e. The molecule has 4 aromatic rings. The topological polar surface area (TPSA) is 67.2 Å². The van der Waals surface area contributed by atoms with Crippen molar-refractivity contribution >= 4 is 22.6 Å². The summed E-state index contributed by atoms with van der Waals surface area (Å²) in [5.41, 5.74) is -1.58. The number of hydrogen-bond donors (Lipinski definition) is 1. The molecule has 0 radical (unpaired) electrons. The third kappa shape index (κ3) is 6.06. The first-order valence-corrected chi connectivity index (χ1v) is 12.5. The molecule has 4 rings (SSSR count). The minimum absolute atomic E-state index is 0.0180. The zero-order chi connectivity index (χ0) is 30.3. The maximum Gasteiger partial charge on any atom is 0.416 e. The number of halogens is 6. The van der Waals surface area contributed by atoms with Crippen LogP contribution in [0.4, 0.5) is 36.8 Å². The first-order valence-electron chi connectivity index (χ1n) is 12.5. The van der Waals surface area contributed by atoms with Crippen LogP contribution in [0.2, 0.25) is 0 Å². The van der Waals surface area contributed by atoms with Crippen molar-refractivity contribution < 1.29 is 31.1 Å². The lowest BCUT2D eigenvalue weighted by atomic mass is 10.1. The summed E-state index contributed by atoms with van der Waals surface area (Å²) in [5.74, 6) is 0.181. The third-order valence-electron chi connectivity index (χ3n) is 6.71. The predicted molar refractivity (Wildman–Crippen MR) is 143 cm³/mol. The number of urea groups is 1. The molecule has 1 unspecified atom stereocenters. The highest BCUT2D eigenvalue weighted by Gasteiger charge is 2.37. The first kappa shape index (κ1) is 29.6. The van der Waals surface area contributed by atoms with E-state index in [1.807, 2.05) is 26.0 Å². The van der Waals surface area contributed by atoms with Crippen LogP contribution in [0.1, 0.15) is 47.5 Å². The van der Waals surface area contributed by atoms with Gasteiger partial charge < -0.3 is 10.2 Å². The Balaban J connectivity index is 1.81. The van der Waals surface area contributed by atoms with Gasteiger partial charge in [-0.25, -0.2) is 9.78 Å². The number of hydrogen-bond acceptors (Lipinski definition) is 3. The molecule has 0 spiro atoms. The summed E-state index contributed by atoms with van der Waals surface area (Å²) in [4.78, 5) is 32.8. The number of anilines is 1. The van der Waals surface area contributed by atoms with Crippen molar-refractivity contribution in [2.45, 2.75) is 45.6 Å². The average molecular weight is 577 g/mol. The van der Waals surface area contributed by atoms with E-state index in [0.29, 0.717) is 28.7 Å². The Morgan fingerprint density at radius 2 is 1.56 bits per heavy atom. The number of benzene rings is 3. The van der Waals surface area contributed by atoms with Gasteiger partial charge in [-0.1, -0.05) is 36.8 Å². The van der Waals surface area contributed by atoms with E-state index in [2.05, 4.69) is 5.32 Å². The van der Waals surface area contributed by atoms with Gasteiger partial charge in [-0.15, -0.1) is 0 Å². The number of aromatic nitrogens is 2. The molecule has 6 nitrogen and oxygen atoms in total. The number of para-hydroxylation sites is 1. The zero-order valence-electron chi connectivity index (χ0n) is 22.5. The van der Waals surface area contributed by atoms with Crippen LogP contribution in [0.3, 0.4) is 0 Å². The average Bonchev–Trinajstić information content (AvgIpc) is 2.89. The Morgan fingerprint density at radius 3 is 2.12 bits per heavy atom. The van der Waals surface area contributed by atoms with E-state index in [1.165, 1.54) is 11.6 Å². The standard InChI is InChI=1S/C29H26F6N4O2/c1-5-23(38(4)27(41)36-20-14-18(28(30,31)32)13-19(15-20)29(33,34)35)25-37-22-9-7-6-8-21(22)26(40)39(25)24-11-10-16(2)12-17(24)3/h6-15,23H,5H2,1-4H3,(H,36,41). The summed E-state index contributed by atoms with van der Waals surface area (Å²) in [5, 5.41) is 2.49. The van der Waals surface area contributed by atoms with Crippen LogP contribution in [0, 0.1) is 13.8 Å². The van der Waals surface area contributed by atoms with Gasteiger partial charge in [0.15, 0.2) is 0 Å². The molecule has 0 aliphatic carbocycles. The molecule has 0 bridgehead atoms. The second-order valence-corrected chi connectivity index (χ2v) is 9.68. The number of carbonyl (C=O) groups is 1. The molecule has 0 aliphatic rings. The number of fused-ring (bicyclic) bond motifs is 1. The molecule has 0 saturated heterocycles. The van der Waals surface area contributed by atoms with Gasteiger partial charge in [0.05, 0.1) is 33.8 Å². The monoisotopic (exact) mass is 576 g/mol. The molecule has 0 aliphatic heterocycles. The molecule has 2 amide bonds. The minimum atomic E-state index is -5.07. The maximum absolute atomic E-state index is 13.7. The second kappa shape index (κ2) is 10.9. The Morgan fingerprint density at radius 1 is 0.951 bits per heavy atom. The molecule has 0 saturated carbocycles. The number of carbonyl (C=O) groups excluding carboxylic acids is 1. The molecule has 3 aromatic carbocycles. The van der Waals surface area contributed by atoms with Gasteiger partial charge in [0.2, 0.25) is 0 Å². The van der Waals surface area contributed by atoms with Crippen molar-refractivity contribution in [3.8, 4) is 5.69 Å². The SMILES string of the molecule is CCC(c1nc2ccccc2c(=O)n1-c1ccc(C)cc1C)N(C)C(=O)Nc1cc(C(F)(F)F)cc(C(F)(F)F)c1. The largest absolute Gasteiger partial charge is 0.416 e. The van der Waals surface area contributed by atoms with E-state index in [1.54, 1.807) is 37.3 Å². The first-order chi connectivity index (χ1) is 19.1. The van der Waals surface area contributed by atoms with E-state index < -0.39 is 46.8 Å². The molecule has 1 heterocycles. The van der Waals surface area contributed by atoms with E-state index in [4.69, 9.17) is 4.98 Å². The number of nitrogens with one attached hydrogen (secondary N) is 1. The zero-order valence-corrected chi connectivity index (χ0v) is 22.5. The summed E-state index contributed by atoms with van der Waals surface area (Å²) in [6.07, 6.45) is -9.93. The van der Waals surface area contributed by atoms with Gasteiger partial charge in [-0.2, -0.15) is 26.3 Å². The maximum atomic E-state index is 13.7. The van der Waals surface area contributed by atoms with E-state index in [0.717, 1.165) is 16.0 Å². The Labute approximate surface area is 231 Å². The van der Waals surface area contributed by atoms with Crippen molar-refractivity contribution in [1.82, 2.24) is 14.5 Å². The predicted octanol–water partition coefficient (Wildman–Crippen LogP) is 7.66. The summed E-state index contributed by atoms with van der Waals surface area (Å²) in [6.45, 7) is 5.43. The number of nitrogens with zero attached hydrogens (tertiary/aromatic N) is 3. The molecule has 41 heavy (non-hydrogen) atoms. The highest BCUT2D eigenvalue weighted by Crippen LogP contribution is 2.38. The molecule has 0 fully saturated rings. The molecule has 12 heteroatoms. The quantitative estimate of drug-likeness (QED) is 0.248. The molecule has 1 N–H and O–H groups in total. The van der Waals surface area contributed by atoms with Crippen molar-refractivity contribution in [3.63, 3.8) is 0 Å². The van der Waals surface area contributed by atoms with Crippen LogP contribution >= 0.6 is 0 Å². The van der Waals surface area contributed by atoms with Gasteiger partial charge in [-0.05, 0) is 62.2 Å². The van der Waals surface area contributed by atoms with E-state index in [9.17, 15) is 35.9 Å². The summed E-state index contributed by atoms with van der Waals surface area (Å²) < 4.78 is 81.4. The summed E-state index contributed by atoms with van der Waals surface area (Å²) in [6, 6.07) is 11.1. The Bertz CT molecular complexity index is 1640. The summed E-state index contributed by atoms with van der Waals surface area (Å²) >= 11 is 0. The molecule has 216 valence electrons. The van der Waals surface area contributed by atoms with Gasteiger partial charge in [-0.3, -0.25) is 9.36 Å². The molecule has 1 atom stereocenters. The van der Waals surface area contributed by atoms with E-state index >= 15 is 0 Å². The van der Waals surface area contributed by atoms with Crippen LogP contribution < -0.4 is 10.9 Å². The van der Waals surface area contributed by atoms with E-state index in [-0.39, 0.29) is 18.3 Å². The fraction of sp³-hybridized carbons (Fsp3) is 0.276. The fourth-order valence-corrected chi connectivity index (χ4v) is 4.67. The molecule has 1 aromatic heterocycles. The summed E-state index contributed by atoms with van der Waals surface area (Å²) in [7, 11) is 1.33. The smallest absolute Gasteiger partial charge is 0.317 e. The fourth-order valence-electron chi connectivity index (χ4n) is 4.67. The van der Waals surface area contributed by atoms with Gasteiger partial charge in [0.25, 0.3) is 5.56 Å². The normalized spacial score (nSPS) is 12.8. The van der Waals surface area contributed by atoms with Crippen LogP contribution in [-0.4, -0.2) is 27.5 Å².